The maximum Gasteiger partial charge on any atom is 0.320 e. The third-order valence-electron chi connectivity index (χ3n) is 4.21. The summed E-state index contributed by atoms with van der Waals surface area (Å²) < 4.78 is 0. The lowest BCUT2D eigenvalue weighted by Gasteiger charge is -2.42. The van der Waals surface area contributed by atoms with Gasteiger partial charge in [0, 0.05) is 6.04 Å². The largest absolute Gasteiger partial charge is 0.480 e. The number of hydrogen-bond donors (Lipinski definition) is 1. The summed E-state index contributed by atoms with van der Waals surface area (Å²) in [6, 6.07) is 0.328. The molecule has 0 radical (unpaired) electrons. The number of carboxylic acid groups (broad SMARTS) is 1. The highest BCUT2D eigenvalue weighted by Crippen LogP contribution is 2.31. The second kappa shape index (κ2) is 5.17. The lowest BCUT2D eigenvalue weighted by molar-refractivity contribution is -0.146. The first-order chi connectivity index (χ1) is 7.68. The number of likely N-dealkylation sites (tertiary alicyclic amines) is 1. The van der Waals surface area contributed by atoms with E-state index in [0.717, 1.165) is 25.3 Å². The van der Waals surface area contributed by atoms with E-state index in [-0.39, 0.29) is 6.04 Å². The van der Waals surface area contributed by atoms with Gasteiger partial charge in [0.05, 0.1) is 0 Å². The van der Waals surface area contributed by atoms with Crippen molar-refractivity contribution in [1.29, 1.82) is 0 Å². The van der Waals surface area contributed by atoms with E-state index in [4.69, 9.17) is 0 Å². The molecule has 3 unspecified atom stereocenters. The van der Waals surface area contributed by atoms with Crippen molar-refractivity contribution in [3.8, 4) is 0 Å². The number of rotatable bonds is 2. The van der Waals surface area contributed by atoms with E-state index in [9.17, 15) is 9.90 Å². The minimum atomic E-state index is -0.613. The van der Waals surface area contributed by atoms with Crippen LogP contribution in [0.1, 0.15) is 51.9 Å². The normalized spacial score (nSPS) is 37.2. The molecule has 1 aliphatic carbocycles. The molecule has 16 heavy (non-hydrogen) atoms. The fourth-order valence-electron chi connectivity index (χ4n) is 3.36. The molecule has 0 amide bonds. The van der Waals surface area contributed by atoms with Crippen LogP contribution in [0.4, 0.5) is 0 Å². The van der Waals surface area contributed by atoms with Crippen LogP contribution in [0.5, 0.6) is 0 Å². The van der Waals surface area contributed by atoms with Gasteiger partial charge in [0.25, 0.3) is 0 Å². The molecule has 1 heterocycles. The summed E-state index contributed by atoms with van der Waals surface area (Å²) in [6.07, 6.45) is 8.10. The summed E-state index contributed by atoms with van der Waals surface area (Å²) in [4.78, 5) is 13.5. The van der Waals surface area contributed by atoms with Crippen molar-refractivity contribution in [2.75, 3.05) is 6.54 Å². The van der Waals surface area contributed by atoms with Crippen LogP contribution in [0.15, 0.2) is 0 Å². The molecule has 1 aliphatic heterocycles. The van der Waals surface area contributed by atoms with Crippen molar-refractivity contribution in [1.82, 2.24) is 4.90 Å². The van der Waals surface area contributed by atoms with Crippen LogP contribution in [0, 0.1) is 5.92 Å². The van der Waals surface area contributed by atoms with Crippen molar-refractivity contribution in [3.63, 3.8) is 0 Å². The Morgan fingerprint density at radius 2 is 2.00 bits per heavy atom. The number of carbonyl (C=O) groups is 1. The first-order valence-electron chi connectivity index (χ1n) is 6.67. The Morgan fingerprint density at radius 1 is 1.19 bits per heavy atom. The van der Waals surface area contributed by atoms with Crippen molar-refractivity contribution in [3.05, 3.63) is 0 Å². The Kier molecular flexibility index (Phi) is 3.85. The summed E-state index contributed by atoms with van der Waals surface area (Å²) in [5.74, 6) is 0.160. The van der Waals surface area contributed by atoms with Gasteiger partial charge in [-0.3, -0.25) is 9.69 Å². The SMILES string of the molecule is CC1CCCC(N2CCCCC2C(=O)O)C1. The first-order valence-corrected chi connectivity index (χ1v) is 6.67. The van der Waals surface area contributed by atoms with E-state index >= 15 is 0 Å². The summed E-state index contributed by atoms with van der Waals surface area (Å²) >= 11 is 0. The summed E-state index contributed by atoms with van der Waals surface area (Å²) in [5.41, 5.74) is 0. The van der Waals surface area contributed by atoms with Gasteiger partial charge in [0.1, 0.15) is 6.04 Å². The fraction of sp³-hybridized carbons (Fsp3) is 0.923. The highest BCUT2D eigenvalue weighted by molar-refractivity contribution is 5.73. The summed E-state index contributed by atoms with van der Waals surface area (Å²) in [6.45, 7) is 3.29. The molecule has 3 nitrogen and oxygen atoms in total. The van der Waals surface area contributed by atoms with E-state index in [1.54, 1.807) is 0 Å². The van der Waals surface area contributed by atoms with Gasteiger partial charge in [-0.1, -0.05) is 26.2 Å². The average molecular weight is 225 g/mol. The topological polar surface area (TPSA) is 40.5 Å². The van der Waals surface area contributed by atoms with Crippen LogP contribution in [0.3, 0.4) is 0 Å². The maximum atomic E-state index is 11.2. The maximum absolute atomic E-state index is 11.2. The molecule has 1 N–H and O–H groups in total. The zero-order chi connectivity index (χ0) is 11.5. The molecule has 1 saturated carbocycles. The van der Waals surface area contributed by atoms with Crippen molar-refractivity contribution < 1.29 is 9.90 Å². The first kappa shape index (κ1) is 11.9. The van der Waals surface area contributed by atoms with Crippen LogP contribution >= 0.6 is 0 Å². The van der Waals surface area contributed by atoms with Crippen LogP contribution < -0.4 is 0 Å². The van der Waals surface area contributed by atoms with Gasteiger partial charge in [0.15, 0.2) is 0 Å². The van der Waals surface area contributed by atoms with Gasteiger partial charge in [-0.15, -0.1) is 0 Å². The van der Waals surface area contributed by atoms with Gasteiger partial charge in [0.2, 0.25) is 0 Å². The molecule has 2 rings (SSSR count). The van der Waals surface area contributed by atoms with Gasteiger partial charge in [-0.05, 0) is 38.1 Å². The Bertz CT molecular complexity index is 254. The van der Waals surface area contributed by atoms with Crippen LogP contribution in [-0.4, -0.2) is 34.6 Å². The molecular formula is C13H23NO2. The van der Waals surface area contributed by atoms with Crippen molar-refractivity contribution >= 4 is 5.97 Å². The van der Waals surface area contributed by atoms with E-state index in [0.29, 0.717) is 6.04 Å². The highest BCUT2D eigenvalue weighted by atomic mass is 16.4. The van der Waals surface area contributed by atoms with Crippen LogP contribution in [0.2, 0.25) is 0 Å². The molecule has 3 heteroatoms. The quantitative estimate of drug-likeness (QED) is 0.785. The second-order valence-corrected chi connectivity index (χ2v) is 5.51. The molecule has 0 aromatic carbocycles. The molecule has 2 fully saturated rings. The van der Waals surface area contributed by atoms with Gasteiger partial charge >= 0.3 is 5.97 Å². The third-order valence-corrected chi connectivity index (χ3v) is 4.21. The van der Waals surface area contributed by atoms with Gasteiger partial charge in [-0.25, -0.2) is 0 Å². The molecule has 0 bridgehead atoms. The molecule has 0 spiro atoms. The standard InChI is InChI=1S/C13H23NO2/c1-10-5-4-6-11(9-10)14-8-3-2-7-12(14)13(15)16/h10-12H,2-9H2,1H3,(H,15,16). The van der Waals surface area contributed by atoms with Crippen molar-refractivity contribution in [2.45, 2.75) is 64.0 Å². The van der Waals surface area contributed by atoms with E-state index < -0.39 is 5.97 Å². The smallest absolute Gasteiger partial charge is 0.320 e. The number of aliphatic carboxylic acids is 1. The summed E-state index contributed by atoms with van der Waals surface area (Å²) in [5, 5.41) is 9.26. The molecular weight excluding hydrogens is 202 g/mol. The average Bonchev–Trinajstić information content (AvgIpc) is 2.29. The van der Waals surface area contributed by atoms with Gasteiger partial charge < -0.3 is 5.11 Å². The number of piperidine rings is 1. The minimum absolute atomic E-state index is 0.205. The molecule has 0 aromatic heterocycles. The number of carboxylic acids is 1. The predicted octanol–water partition coefficient (Wildman–Crippen LogP) is 2.50. The minimum Gasteiger partial charge on any atom is -0.480 e. The Morgan fingerprint density at radius 3 is 2.69 bits per heavy atom. The zero-order valence-corrected chi connectivity index (χ0v) is 10.2. The van der Waals surface area contributed by atoms with E-state index in [1.165, 1.54) is 32.1 Å². The van der Waals surface area contributed by atoms with Gasteiger partial charge in [-0.2, -0.15) is 0 Å². The Balaban J connectivity index is 2.01. The number of nitrogens with zero attached hydrogens (tertiary/aromatic N) is 1. The number of hydrogen-bond acceptors (Lipinski definition) is 2. The monoisotopic (exact) mass is 225 g/mol. The lowest BCUT2D eigenvalue weighted by Crippen LogP contribution is -2.51. The molecule has 2 aliphatic rings. The molecule has 0 aromatic rings. The molecule has 92 valence electrons. The Hall–Kier alpha value is -0.570. The fourth-order valence-corrected chi connectivity index (χ4v) is 3.36. The summed E-state index contributed by atoms with van der Waals surface area (Å²) in [7, 11) is 0. The molecule has 1 saturated heterocycles. The van der Waals surface area contributed by atoms with Crippen molar-refractivity contribution in [2.24, 2.45) is 5.92 Å². The van der Waals surface area contributed by atoms with Crippen LogP contribution in [0.25, 0.3) is 0 Å². The Labute approximate surface area is 97.8 Å². The van der Waals surface area contributed by atoms with E-state index in [1.807, 2.05) is 0 Å². The van der Waals surface area contributed by atoms with E-state index in [2.05, 4.69) is 11.8 Å². The highest BCUT2D eigenvalue weighted by Gasteiger charge is 2.34. The zero-order valence-electron chi connectivity index (χ0n) is 10.2. The van der Waals surface area contributed by atoms with Crippen LogP contribution in [-0.2, 0) is 4.79 Å². The predicted molar refractivity (Wildman–Crippen MR) is 63.4 cm³/mol. The molecule has 3 atom stereocenters. The second-order valence-electron chi connectivity index (χ2n) is 5.51. The third kappa shape index (κ3) is 2.57. The lowest BCUT2D eigenvalue weighted by atomic mass is 9.84.